The van der Waals surface area contributed by atoms with Crippen molar-refractivity contribution in [2.45, 2.75) is 6.42 Å². The van der Waals surface area contributed by atoms with Gasteiger partial charge >= 0.3 is 0 Å². The van der Waals surface area contributed by atoms with Crippen molar-refractivity contribution in [2.24, 2.45) is 0 Å². The van der Waals surface area contributed by atoms with Crippen LogP contribution in [0.2, 0.25) is 15.1 Å². The van der Waals surface area contributed by atoms with Crippen LogP contribution < -0.4 is 15.7 Å². The monoisotopic (exact) mass is 449 g/mol. The van der Waals surface area contributed by atoms with E-state index in [1.54, 1.807) is 12.1 Å². The lowest BCUT2D eigenvalue weighted by molar-refractivity contribution is 0.811. The average Bonchev–Trinajstić information content (AvgIpc) is 2.98. The summed E-state index contributed by atoms with van der Waals surface area (Å²) in [5.74, 6) is 0. The highest BCUT2D eigenvalue weighted by Gasteiger charge is 2.13. The molecular formula is C19H10Cl3N3O2S. The zero-order valence-corrected chi connectivity index (χ0v) is 17.1. The van der Waals surface area contributed by atoms with Crippen LogP contribution in [0.4, 0.5) is 0 Å². The molecule has 0 amide bonds. The Bertz CT molecular complexity index is 1370. The van der Waals surface area contributed by atoms with Crippen molar-refractivity contribution in [3.63, 3.8) is 0 Å². The quantitative estimate of drug-likeness (QED) is 0.447. The number of nitrogens with zero attached hydrogens (tertiary/aromatic N) is 3. The van der Waals surface area contributed by atoms with Crippen LogP contribution in [-0.4, -0.2) is 14.6 Å². The summed E-state index contributed by atoms with van der Waals surface area (Å²) in [6.07, 6.45) is 1.82. The molecule has 0 aliphatic carbocycles. The van der Waals surface area contributed by atoms with Gasteiger partial charge in [-0.25, -0.2) is 0 Å². The third kappa shape index (κ3) is 3.56. The number of thiazole rings is 1. The molecule has 0 saturated heterocycles. The second-order valence-electron chi connectivity index (χ2n) is 5.89. The highest BCUT2D eigenvalue weighted by atomic mass is 35.5. The van der Waals surface area contributed by atoms with Crippen molar-refractivity contribution in [3.8, 4) is 0 Å². The maximum absolute atomic E-state index is 12.8. The van der Waals surface area contributed by atoms with Gasteiger partial charge in [0.1, 0.15) is 5.69 Å². The van der Waals surface area contributed by atoms with Crippen LogP contribution >= 0.6 is 46.1 Å². The molecule has 2 heterocycles. The number of rotatable bonds is 3. The van der Waals surface area contributed by atoms with Gasteiger partial charge in [0.05, 0.1) is 14.6 Å². The minimum atomic E-state index is -0.463. The van der Waals surface area contributed by atoms with E-state index in [1.165, 1.54) is 6.08 Å². The fourth-order valence-electron chi connectivity index (χ4n) is 2.65. The normalized spacial score (nSPS) is 12.0. The van der Waals surface area contributed by atoms with Crippen LogP contribution in [0.15, 0.2) is 52.1 Å². The molecule has 0 N–H and O–H groups in total. The van der Waals surface area contributed by atoms with Gasteiger partial charge in [0.15, 0.2) is 0 Å². The molecule has 0 saturated carbocycles. The Morgan fingerprint density at radius 3 is 2.46 bits per heavy atom. The molecule has 28 heavy (non-hydrogen) atoms. The lowest BCUT2D eigenvalue weighted by atomic mass is 10.1. The summed E-state index contributed by atoms with van der Waals surface area (Å²) in [5, 5.41) is 5.14. The Morgan fingerprint density at radius 2 is 1.71 bits per heavy atom. The first kappa shape index (κ1) is 19.1. The molecule has 140 valence electrons. The van der Waals surface area contributed by atoms with Crippen molar-refractivity contribution in [3.05, 3.63) is 99.6 Å². The van der Waals surface area contributed by atoms with Crippen LogP contribution in [0, 0.1) is 0 Å². The molecule has 0 unspecified atom stereocenters. The Hall–Kier alpha value is -2.25. The Morgan fingerprint density at radius 1 is 1.00 bits per heavy atom. The van der Waals surface area contributed by atoms with Gasteiger partial charge < -0.3 is 0 Å². The average molecular weight is 451 g/mol. The van der Waals surface area contributed by atoms with Gasteiger partial charge in [-0.15, -0.1) is 0 Å². The third-order valence-electron chi connectivity index (χ3n) is 4.02. The van der Waals surface area contributed by atoms with E-state index < -0.39 is 11.1 Å². The molecule has 0 aliphatic heterocycles. The first-order valence-corrected chi connectivity index (χ1v) is 10.0. The van der Waals surface area contributed by atoms with E-state index in [-0.39, 0.29) is 22.1 Å². The van der Waals surface area contributed by atoms with E-state index in [0.717, 1.165) is 21.4 Å². The van der Waals surface area contributed by atoms with Gasteiger partial charge in [-0.1, -0.05) is 76.5 Å². The molecule has 9 heteroatoms. The summed E-state index contributed by atoms with van der Waals surface area (Å²) in [6, 6.07) is 12.5. The molecule has 4 aromatic rings. The van der Waals surface area contributed by atoms with Crippen LogP contribution in [0.5, 0.6) is 0 Å². The highest BCUT2D eigenvalue weighted by molar-refractivity contribution is 7.15. The summed E-state index contributed by atoms with van der Waals surface area (Å²) >= 11 is 19.5. The zero-order chi connectivity index (χ0) is 19.8. The van der Waals surface area contributed by atoms with Gasteiger partial charge in [0, 0.05) is 17.0 Å². The van der Waals surface area contributed by atoms with Crippen molar-refractivity contribution in [1.82, 2.24) is 14.6 Å². The van der Waals surface area contributed by atoms with E-state index in [9.17, 15) is 9.59 Å². The second-order valence-corrected chi connectivity index (χ2v) is 8.09. The molecular weight excluding hydrogens is 441 g/mol. The predicted octanol–water partition coefficient (Wildman–Crippen LogP) is 3.61. The molecule has 5 nitrogen and oxygen atoms in total. The van der Waals surface area contributed by atoms with Gasteiger partial charge in [0.25, 0.3) is 11.1 Å². The van der Waals surface area contributed by atoms with Gasteiger partial charge in [-0.05, 0) is 23.8 Å². The predicted molar refractivity (Wildman–Crippen MR) is 113 cm³/mol. The second kappa shape index (κ2) is 7.64. The fraction of sp³-hybridized carbons (Fsp3) is 0.0526. The molecule has 2 aromatic heterocycles. The number of fused-ring (bicyclic) bond motifs is 1. The summed E-state index contributed by atoms with van der Waals surface area (Å²) in [4.78, 5) is 29.3. The Labute approximate surface area is 177 Å². The van der Waals surface area contributed by atoms with Crippen LogP contribution in [0.3, 0.4) is 0 Å². The summed E-state index contributed by atoms with van der Waals surface area (Å²) in [7, 11) is 0. The molecule has 0 radical (unpaired) electrons. The molecule has 0 aliphatic rings. The lowest BCUT2D eigenvalue weighted by Crippen LogP contribution is -2.28. The molecule has 4 rings (SSSR count). The number of hydrogen-bond acceptors (Lipinski definition) is 5. The van der Waals surface area contributed by atoms with E-state index in [4.69, 9.17) is 34.8 Å². The molecule has 0 bridgehead atoms. The van der Waals surface area contributed by atoms with Gasteiger partial charge in [-0.2, -0.15) is 14.6 Å². The maximum Gasteiger partial charge on any atom is 0.296 e. The zero-order valence-electron chi connectivity index (χ0n) is 14.0. The third-order valence-corrected chi connectivity index (χ3v) is 6.13. The Balaban J connectivity index is 1.87. The smallest absolute Gasteiger partial charge is 0.266 e. The van der Waals surface area contributed by atoms with Crippen molar-refractivity contribution in [1.29, 1.82) is 0 Å². The van der Waals surface area contributed by atoms with Gasteiger partial charge in [0.2, 0.25) is 4.96 Å². The van der Waals surface area contributed by atoms with Crippen molar-refractivity contribution >= 4 is 57.2 Å². The van der Waals surface area contributed by atoms with Crippen molar-refractivity contribution in [2.75, 3.05) is 0 Å². The van der Waals surface area contributed by atoms with Crippen LogP contribution in [0.1, 0.15) is 16.8 Å². The molecule has 0 fully saturated rings. The van der Waals surface area contributed by atoms with Gasteiger partial charge in [-0.3, -0.25) is 9.59 Å². The summed E-state index contributed by atoms with van der Waals surface area (Å²) in [6.45, 7) is 0. The van der Waals surface area contributed by atoms with Crippen molar-refractivity contribution < 1.29 is 0 Å². The maximum atomic E-state index is 12.8. The first-order chi connectivity index (χ1) is 13.4. The van der Waals surface area contributed by atoms with E-state index in [1.807, 2.05) is 30.3 Å². The number of aromatic nitrogens is 3. The Kier molecular flexibility index (Phi) is 5.21. The van der Waals surface area contributed by atoms with E-state index in [0.29, 0.717) is 20.1 Å². The fourth-order valence-corrected chi connectivity index (χ4v) is 4.18. The van der Waals surface area contributed by atoms with E-state index in [2.05, 4.69) is 10.1 Å². The number of benzene rings is 2. The molecule has 0 spiro atoms. The minimum absolute atomic E-state index is 0.198. The summed E-state index contributed by atoms with van der Waals surface area (Å²) in [5.41, 5.74) is 0.654. The largest absolute Gasteiger partial charge is 0.296 e. The van der Waals surface area contributed by atoms with E-state index >= 15 is 0 Å². The summed E-state index contributed by atoms with van der Waals surface area (Å²) < 4.78 is 1.42. The first-order valence-electron chi connectivity index (χ1n) is 8.06. The lowest BCUT2D eigenvalue weighted by Gasteiger charge is -2.02. The standard InChI is InChI=1S/C19H10Cl3N3O2S/c20-12-6-7-13(21)16(22)11(12)9-15-18(27)25-19(28-15)23-17(26)14(24-25)8-10-4-2-1-3-5-10/h1-7,9H,8H2. The molecule has 0 atom stereocenters. The van der Waals surface area contributed by atoms with Crippen LogP contribution in [0.25, 0.3) is 11.0 Å². The SMILES string of the molecule is O=c1nc2sc(=Cc3c(Cl)ccc(Cl)c3Cl)c(=O)n2nc1Cc1ccccc1. The minimum Gasteiger partial charge on any atom is -0.266 e. The van der Waals surface area contributed by atoms with Crippen LogP contribution in [-0.2, 0) is 6.42 Å². The number of hydrogen-bond donors (Lipinski definition) is 0. The highest BCUT2D eigenvalue weighted by Crippen LogP contribution is 2.31. The molecule has 2 aromatic carbocycles. The topological polar surface area (TPSA) is 64.3 Å². The number of halogens is 3.